The minimum atomic E-state index is -1.21. The minimum absolute atomic E-state index is 0.0102. The van der Waals surface area contributed by atoms with Crippen LogP contribution in [0.25, 0.3) is 0 Å². The van der Waals surface area contributed by atoms with Gasteiger partial charge in [0.2, 0.25) is 0 Å². The van der Waals surface area contributed by atoms with Crippen LogP contribution < -0.4 is 5.32 Å². The number of carbonyl (C=O) groups is 1. The van der Waals surface area contributed by atoms with Crippen LogP contribution in [0.5, 0.6) is 0 Å². The highest BCUT2D eigenvalue weighted by molar-refractivity contribution is 7.10. The summed E-state index contributed by atoms with van der Waals surface area (Å²) in [5, 5.41) is 4.79. The second-order valence-electron chi connectivity index (χ2n) is 4.16. The fraction of sp³-hybridized carbons (Fsp3) is 0.214. The number of halogens is 2. The standard InChI is InChI=1S/C14H13F2NO2S/c1-8(11-4-3-7-20-11)17-10-6-5-9(14(18)19-2)12(15)13(10)16/h3-8,17H,1-2H3. The van der Waals surface area contributed by atoms with Gasteiger partial charge in [-0.3, -0.25) is 0 Å². The van der Waals surface area contributed by atoms with Crippen LogP contribution in [0.15, 0.2) is 29.6 Å². The molecule has 0 amide bonds. The first-order chi connectivity index (χ1) is 9.54. The fourth-order valence-electron chi connectivity index (χ4n) is 1.77. The largest absolute Gasteiger partial charge is 0.465 e. The van der Waals surface area contributed by atoms with Crippen molar-refractivity contribution < 1.29 is 18.3 Å². The van der Waals surface area contributed by atoms with Gasteiger partial charge in [0.05, 0.1) is 24.4 Å². The van der Waals surface area contributed by atoms with Crippen molar-refractivity contribution in [2.75, 3.05) is 12.4 Å². The zero-order valence-corrected chi connectivity index (χ0v) is 11.8. The molecule has 0 aliphatic rings. The highest BCUT2D eigenvalue weighted by Crippen LogP contribution is 2.27. The maximum Gasteiger partial charge on any atom is 0.340 e. The summed E-state index contributed by atoms with van der Waals surface area (Å²) in [6, 6.07) is 6.16. The van der Waals surface area contributed by atoms with Crippen molar-refractivity contribution in [2.45, 2.75) is 13.0 Å². The van der Waals surface area contributed by atoms with Gasteiger partial charge in [0.25, 0.3) is 0 Å². The smallest absolute Gasteiger partial charge is 0.340 e. The number of hydrogen-bond donors (Lipinski definition) is 1. The Labute approximate surface area is 119 Å². The SMILES string of the molecule is COC(=O)c1ccc(NC(C)c2cccs2)c(F)c1F. The number of anilines is 1. The van der Waals surface area contributed by atoms with Crippen LogP contribution in [0.2, 0.25) is 0 Å². The van der Waals surface area contributed by atoms with E-state index in [1.165, 1.54) is 23.5 Å². The van der Waals surface area contributed by atoms with Gasteiger partial charge >= 0.3 is 5.97 Å². The summed E-state index contributed by atoms with van der Waals surface area (Å²) >= 11 is 1.52. The lowest BCUT2D eigenvalue weighted by molar-refractivity contribution is 0.0594. The van der Waals surface area contributed by atoms with Crippen molar-refractivity contribution in [1.82, 2.24) is 0 Å². The second-order valence-corrected chi connectivity index (χ2v) is 5.14. The molecule has 0 saturated carbocycles. The zero-order chi connectivity index (χ0) is 14.7. The fourth-order valence-corrected chi connectivity index (χ4v) is 2.51. The lowest BCUT2D eigenvalue weighted by Crippen LogP contribution is -2.11. The number of thiophene rings is 1. The van der Waals surface area contributed by atoms with Gasteiger partial charge in [0, 0.05) is 4.88 Å². The van der Waals surface area contributed by atoms with Crippen molar-refractivity contribution in [3.8, 4) is 0 Å². The third kappa shape index (κ3) is 2.80. The van der Waals surface area contributed by atoms with E-state index in [9.17, 15) is 13.6 Å². The molecule has 2 rings (SSSR count). The van der Waals surface area contributed by atoms with Crippen LogP contribution in [0.1, 0.15) is 28.2 Å². The third-order valence-electron chi connectivity index (χ3n) is 2.83. The highest BCUT2D eigenvalue weighted by Gasteiger charge is 2.20. The predicted molar refractivity (Wildman–Crippen MR) is 74.1 cm³/mol. The van der Waals surface area contributed by atoms with E-state index in [-0.39, 0.29) is 11.7 Å². The number of carbonyl (C=O) groups excluding carboxylic acids is 1. The molecule has 0 fully saturated rings. The quantitative estimate of drug-likeness (QED) is 0.867. The molecular weight excluding hydrogens is 284 g/mol. The van der Waals surface area contributed by atoms with Crippen LogP contribution in [0.3, 0.4) is 0 Å². The number of methoxy groups -OCH3 is 1. The van der Waals surface area contributed by atoms with Gasteiger partial charge in [-0.2, -0.15) is 0 Å². The lowest BCUT2D eigenvalue weighted by atomic mass is 10.1. The first-order valence-corrected chi connectivity index (χ1v) is 6.78. The number of hydrogen-bond acceptors (Lipinski definition) is 4. The molecule has 0 saturated heterocycles. The summed E-state index contributed by atoms with van der Waals surface area (Å²) in [5.41, 5.74) is -0.407. The molecule has 1 atom stereocenters. The maximum absolute atomic E-state index is 13.9. The zero-order valence-electron chi connectivity index (χ0n) is 10.9. The Hall–Kier alpha value is -1.95. The molecule has 1 N–H and O–H groups in total. The molecule has 1 aromatic carbocycles. The normalized spacial score (nSPS) is 12.0. The summed E-state index contributed by atoms with van der Waals surface area (Å²) in [6.07, 6.45) is 0. The van der Waals surface area contributed by atoms with Crippen molar-refractivity contribution in [3.05, 3.63) is 51.7 Å². The van der Waals surface area contributed by atoms with Crippen molar-refractivity contribution in [2.24, 2.45) is 0 Å². The Balaban J connectivity index is 2.26. The van der Waals surface area contributed by atoms with E-state index in [1.54, 1.807) is 0 Å². The van der Waals surface area contributed by atoms with Gasteiger partial charge in [-0.15, -0.1) is 11.3 Å². The van der Waals surface area contributed by atoms with Crippen LogP contribution in [0, 0.1) is 11.6 Å². The molecule has 0 bridgehead atoms. The van der Waals surface area contributed by atoms with Gasteiger partial charge in [0.1, 0.15) is 0 Å². The van der Waals surface area contributed by atoms with Gasteiger partial charge in [-0.05, 0) is 30.5 Å². The van der Waals surface area contributed by atoms with E-state index in [0.29, 0.717) is 0 Å². The number of esters is 1. The Morgan fingerprint density at radius 1 is 1.30 bits per heavy atom. The number of ether oxygens (including phenoxy) is 1. The average molecular weight is 297 g/mol. The van der Waals surface area contributed by atoms with Gasteiger partial charge in [-0.1, -0.05) is 6.07 Å². The van der Waals surface area contributed by atoms with Gasteiger partial charge in [-0.25, -0.2) is 13.6 Å². The Morgan fingerprint density at radius 2 is 2.05 bits per heavy atom. The van der Waals surface area contributed by atoms with Crippen LogP contribution in [-0.2, 0) is 4.74 Å². The Bertz CT molecular complexity index is 614. The first-order valence-electron chi connectivity index (χ1n) is 5.91. The summed E-state index contributed by atoms with van der Waals surface area (Å²) in [6.45, 7) is 1.84. The molecule has 6 heteroatoms. The van der Waals surface area contributed by atoms with Crippen LogP contribution in [-0.4, -0.2) is 13.1 Å². The molecule has 1 unspecified atom stereocenters. The maximum atomic E-state index is 13.9. The molecule has 0 spiro atoms. The highest BCUT2D eigenvalue weighted by atomic mass is 32.1. The van der Waals surface area contributed by atoms with Crippen molar-refractivity contribution in [1.29, 1.82) is 0 Å². The predicted octanol–water partition coefficient (Wildman–Crippen LogP) is 3.99. The van der Waals surface area contributed by atoms with Gasteiger partial charge < -0.3 is 10.1 Å². The Kier molecular flexibility index (Phi) is 4.34. The molecule has 2 aromatic rings. The van der Waals surface area contributed by atoms with E-state index < -0.39 is 23.2 Å². The van der Waals surface area contributed by atoms with E-state index in [4.69, 9.17) is 0 Å². The van der Waals surface area contributed by atoms with Crippen LogP contribution in [0.4, 0.5) is 14.5 Å². The molecule has 1 aromatic heterocycles. The number of rotatable bonds is 4. The summed E-state index contributed by atoms with van der Waals surface area (Å²) in [7, 11) is 1.12. The molecule has 0 aliphatic carbocycles. The van der Waals surface area contributed by atoms with E-state index >= 15 is 0 Å². The molecule has 106 valence electrons. The van der Waals surface area contributed by atoms with Gasteiger partial charge in [0.15, 0.2) is 11.6 Å². The van der Waals surface area contributed by atoms with E-state index in [1.807, 2.05) is 24.4 Å². The number of benzene rings is 1. The first kappa shape index (κ1) is 14.5. The monoisotopic (exact) mass is 297 g/mol. The summed E-state index contributed by atoms with van der Waals surface area (Å²) in [4.78, 5) is 12.3. The van der Waals surface area contributed by atoms with E-state index in [2.05, 4.69) is 10.1 Å². The molecule has 0 aliphatic heterocycles. The molecule has 3 nitrogen and oxygen atoms in total. The summed E-state index contributed by atoms with van der Waals surface area (Å²) < 4.78 is 32.1. The average Bonchev–Trinajstić information content (AvgIpc) is 2.97. The lowest BCUT2D eigenvalue weighted by Gasteiger charge is -2.15. The summed E-state index contributed by atoms with van der Waals surface area (Å²) in [5.74, 6) is -3.20. The number of nitrogens with one attached hydrogen (secondary N) is 1. The minimum Gasteiger partial charge on any atom is -0.465 e. The molecular formula is C14H13F2NO2S. The van der Waals surface area contributed by atoms with E-state index in [0.717, 1.165) is 12.0 Å². The molecule has 20 heavy (non-hydrogen) atoms. The molecule has 1 heterocycles. The van der Waals surface area contributed by atoms with Crippen LogP contribution >= 0.6 is 11.3 Å². The molecule has 0 radical (unpaired) electrons. The third-order valence-corrected chi connectivity index (χ3v) is 3.88. The second kappa shape index (κ2) is 6.00. The Morgan fingerprint density at radius 3 is 2.65 bits per heavy atom. The van der Waals surface area contributed by atoms with Crippen molar-refractivity contribution >= 4 is 23.0 Å². The van der Waals surface area contributed by atoms with Crippen molar-refractivity contribution in [3.63, 3.8) is 0 Å². The topological polar surface area (TPSA) is 38.3 Å².